The Morgan fingerprint density at radius 2 is 1.82 bits per heavy atom. The van der Waals surface area contributed by atoms with E-state index in [1.165, 1.54) is 0 Å². The van der Waals surface area contributed by atoms with E-state index in [1.807, 2.05) is 12.1 Å². The van der Waals surface area contributed by atoms with Crippen molar-refractivity contribution in [3.8, 4) is 11.1 Å². The second-order valence-electron chi connectivity index (χ2n) is 6.49. The van der Waals surface area contributed by atoms with E-state index < -0.39 is 5.97 Å². The first kappa shape index (κ1) is 17.5. The molecule has 3 aromatic carbocycles. The maximum atomic E-state index is 12.4. The molecular weight excluding hydrogens is 354 g/mol. The van der Waals surface area contributed by atoms with Gasteiger partial charge >= 0.3 is 5.97 Å². The van der Waals surface area contributed by atoms with Gasteiger partial charge in [-0.05, 0) is 47.0 Å². The number of carboxylic acid groups (broad SMARTS) is 1. The molecule has 0 spiro atoms. The number of nitrogen functional groups attached to an aromatic ring is 1. The number of hydrogen-bond donors (Lipinski definition) is 3. The molecule has 6 nitrogen and oxygen atoms in total. The van der Waals surface area contributed by atoms with Crippen LogP contribution in [0.25, 0.3) is 11.1 Å². The van der Waals surface area contributed by atoms with E-state index >= 15 is 0 Å². The van der Waals surface area contributed by atoms with Crippen LogP contribution in [-0.2, 0) is 4.79 Å². The Morgan fingerprint density at radius 1 is 1.00 bits per heavy atom. The summed E-state index contributed by atoms with van der Waals surface area (Å²) in [5.74, 6) is -1.19. The van der Waals surface area contributed by atoms with E-state index in [4.69, 9.17) is 5.73 Å². The smallest absolute Gasteiger partial charge is 0.336 e. The van der Waals surface area contributed by atoms with Gasteiger partial charge in [0.1, 0.15) is 0 Å². The van der Waals surface area contributed by atoms with Gasteiger partial charge in [-0.1, -0.05) is 36.4 Å². The summed E-state index contributed by atoms with van der Waals surface area (Å²) >= 11 is 0. The summed E-state index contributed by atoms with van der Waals surface area (Å²) in [4.78, 5) is 28.6. The predicted molar refractivity (Wildman–Crippen MR) is 109 cm³/mol. The first-order valence-corrected chi connectivity index (χ1v) is 8.71. The van der Waals surface area contributed by atoms with Crippen LogP contribution in [-0.4, -0.2) is 22.7 Å². The fourth-order valence-electron chi connectivity index (χ4n) is 3.24. The molecule has 6 heteroatoms. The number of carbonyl (C=O) groups is 2. The summed E-state index contributed by atoms with van der Waals surface area (Å²) in [6.45, 7) is 0. The maximum absolute atomic E-state index is 12.4. The number of benzene rings is 3. The van der Waals surface area contributed by atoms with Crippen molar-refractivity contribution in [3.05, 3.63) is 77.9 Å². The fourth-order valence-corrected chi connectivity index (χ4v) is 3.24. The van der Waals surface area contributed by atoms with Crippen molar-refractivity contribution < 1.29 is 14.7 Å². The summed E-state index contributed by atoms with van der Waals surface area (Å²) < 4.78 is 0. The van der Waals surface area contributed by atoms with Gasteiger partial charge in [-0.2, -0.15) is 0 Å². The van der Waals surface area contributed by atoms with Crippen molar-refractivity contribution in [2.24, 2.45) is 4.99 Å². The van der Waals surface area contributed by atoms with Crippen molar-refractivity contribution in [2.45, 2.75) is 6.42 Å². The van der Waals surface area contributed by atoms with Crippen LogP contribution in [0.4, 0.5) is 17.1 Å². The summed E-state index contributed by atoms with van der Waals surface area (Å²) in [5.41, 5.74) is 10.5. The molecule has 1 heterocycles. The minimum absolute atomic E-state index is 0.124. The van der Waals surface area contributed by atoms with Crippen LogP contribution in [0.1, 0.15) is 22.3 Å². The predicted octanol–water partition coefficient (Wildman–Crippen LogP) is 4.10. The summed E-state index contributed by atoms with van der Waals surface area (Å²) in [6.07, 6.45) is 0.124. The van der Waals surface area contributed by atoms with Gasteiger partial charge in [-0.15, -0.1) is 0 Å². The van der Waals surface area contributed by atoms with Gasteiger partial charge in [0.2, 0.25) is 5.91 Å². The number of aliphatic imine (C=N–C) groups is 1. The lowest BCUT2D eigenvalue weighted by Crippen LogP contribution is -2.15. The van der Waals surface area contributed by atoms with Gasteiger partial charge in [0.05, 0.1) is 29.1 Å². The topological polar surface area (TPSA) is 105 Å². The zero-order valence-electron chi connectivity index (χ0n) is 14.8. The normalized spacial score (nSPS) is 13.1. The van der Waals surface area contributed by atoms with Crippen molar-refractivity contribution in [2.75, 3.05) is 11.1 Å². The lowest BCUT2D eigenvalue weighted by Gasteiger charge is -2.10. The Hall–Kier alpha value is -3.93. The van der Waals surface area contributed by atoms with Crippen LogP contribution in [0.5, 0.6) is 0 Å². The molecule has 3 aromatic rings. The number of fused-ring (bicyclic) bond motifs is 1. The Balaban J connectivity index is 1.80. The first-order chi connectivity index (χ1) is 13.5. The first-order valence-electron chi connectivity index (χ1n) is 8.71. The quantitative estimate of drug-likeness (QED) is 0.603. The standard InChI is InChI=1S/C22H17N3O3/c23-15-5-3-4-14(10-15)19-12-21(26)25-20-11-13(8-9-18(20)24-19)16-6-1-2-7-17(16)22(27)28/h1-11H,12,23H2,(H,25,26)(H,27,28). The molecule has 0 atom stereocenters. The van der Waals surface area contributed by atoms with Crippen LogP contribution in [0.2, 0.25) is 0 Å². The number of amides is 1. The molecule has 0 unspecified atom stereocenters. The van der Waals surface area contributed by atoms with Crippen LogP contribution < -0.4 is 11.1 Å². The average Bonchev–Trinajstić information content (AvgIpc) is 2.85. The number of anilines is 2. The number of nitrogens with one attached hydrogen (secondary N) is 1. The summed E-state index contributed by atoms with van der Waals surface area (Å²) in [7, 11) is 0. The van der Waals surface area contributed by atoms with Gasteiger partial charge in [0.15, 0.2) is 0 Å². The van der Waals surface area contributed by atoms with E-state index in [2.05, 4.69) is 10.3 Å². The Morgan fingerprint density at radius 3 is 2.61 bits per heavy atom. The van der Waals surface area contributed by atoms with Crippen molar-refractivity contribution in [3.63, 3.8) is 0 Å². The van der Waals surface area contributed by atoms with E-state index in [0.717, 1.165) is 5.56 Å². The molecule has 4 rings (SSSR count). The second-order valence-corrected chi connectivity index (χ2v) is 6.49. The van der Waals surface area contributed by atoms with E-state index in [-0.39, 0.29) is 17.9 Å². The van der Waals surface area contributed by atoms with Crippen molar-refractivity contribution in [1.29, 1.82) is 0 Å². The summed E-state index contributed by atoms with van der Waals surface area (Å²) in [5, 5.41) is 12.3. The zero-order chi connectivity index (χ0) is 19.7. The maximum Gasteiger partial charge on any atom is 0.336 e. The average molecular weight is 371 g/mol. The third-order valence-electron chi connectivity index (χ3n) is 4.54. The molecule has 0 aromatic heterocycles. The van der Waals surface area contributed by atoms with E-state index in [9.17, 15) is 14.7 Å². The van der Waals surface area contributed by atoms with Gasteiger partial charge in [0, 0.05) is 5.69 Å². The Kier molecular flexibility index (Phi) is 4.37. The molecule has 0 radical (unpaired) electrons. The number of rotatable bonds is 3. The highest BCUT2D eigenvalue weighted by atomic mass is 16.4. The Bertz CT molecular complexity index is 1140. The summed E-state index contributed by atoms with van der Waals surface area (Å²) in [6, 6.07) is 19.3. The van der Waals surface area contributed by atoms with Crippen LogP contribution in [0, 0.1) is 0 Å². The molecule has 4 N–H and O–H groups in total. The molecule has 138 valence electrons. The minimum atomic E-state index is -1.00. The second kappa shape index (κ2) is 7.00. The number of hydrogen-bond acceptors (Lipinski definition) is 4. The van der Waals surface area contributed by atoms with Gasteiger partial charge < -0.3 is 16.2 Å². The van der Waals surface area contributed by atoms with Gasteiger partial charge in [0.25, 0.3) is 0 Å². The molecule has 0 bridgehead atoms. The highest BCUT2D eigenvalue weighted by Gasteiger charge is 2.19. The van der Waals surface area contributed by atoms with Crippen LogP contribution in [0.3, 0.4) is 0 Å². The van der Waals surface area contributed by atoms with Crippen molar-refractivity contribution >= 4 is 34.7 Å². The van der Waals surface area contributed by atoms with E-state index in [0.29, 0.717) is 33.9 Å². The Labute approximate surface area is 161 Å². The molecule has 28 heavy (non-hydrogen) atoms. The number of carbonyl (C=O) groups excluding carboxylic acids is 1. The molecule has 0 saturated carbocycles. The molecule has 0 saturated heterocycles. The SMILES string of the molecule is Nc1cccc(C2=Nc3ccc(-c4ccccc4C(=O)O)cc3NC(=O)C2)c1. The molecule has 1 aliphatic rings. The molecular formula is C22H17N3O3. The number of nitrogens with zero attached hydrogens (tertiary/aromatic N) is 1. The van der Waals surface area contributed by atoms with E-state index in [1.54, 1.807) is 54.6 Å². The molecule has 0 fully saturated rings. The lowest BCUT2D eigenvalue weighted by atomic mass is 9.99. The number of nitrogens with two attached hydrogens (primary N) is 1. The molecule has 1 amide bonds. The van der Waals surface area contributed by atoms with Crippen LogP contribution in [0.15, 0.2) is 71.7 Å². The van der Waals surface area contributed by atoms with Crippen molar-refractivity contribution in [1.82, 2.24) is 0 Å². The van der Waals surface area contributed by atoms with Gasteiger partial charge in [-0.25, -0.2) is 4.79 Å². The number of carboxylic acids is 1. The molecule has 0 aliphatic carbocycles. The molecule has 1 aliphatic heterocycles. The van der Waals surface area contributed by atoms with Gasteiger partial charge in [-0.3, -0.25) is 9.79 Å². The van der Waals surface area contributed by atoms with Crippen LogP contribution >= 0.6 is 0 Å². The minimum Gasteiger partial charge on any atom is -0.478 e. The number of aromatic carboxylic acids is 1. The highest BCUT2D eigenvalue weighted by molar-refractivity contribution is 6.17. The highest BCUT2D eigenvalue weighted by Crippen LogP contribution is 2.34. The lowest BCUT2D eigenvalue weighted by molar-refractivity contribution is -0.115. The third-order valence-corrected chi connectivity index (χ3v) is 4.54. The largest absolute Gasteiger partial charge is 0.478 e. The fraction of sp³-hybridized carbons (Fsp3) is 0.0455. The zero-order valence-corrected chi connectivity index (χ0v) is 14.8. The third kappa shape index (κ3) is 3.35. The monoisotopic (exact) mass is 371 g/mol.